The number of carbonyl (C=O) groups excluding carboxylic acids is 1. The summed E-state index contributed by atoms with van der Waals surface area (Å²) >= 11 is 6.10. The van der Waals surface area contributed by atoms with E-state index in [-0.39, 0.29) is 56.2 Å². The van der Waals surface area contributed by atoms with Crippen LogP contribution in [-0.4, -0.2) is 58.4 Å². The van der Waals surface area contributed by atoms with Crippen molar-refractivity contribution in [3.05, 3.63) is 93.0 Å². The molecule has 9 nitrogen and oxygen atoms in total. The van der Waals surface area contributed by atoms with E-state index < -0.39 is 106 Å². The van der Waals surface area contributed by atoms with Crippen LogP contribution in [0, 0.1) is 29.4 Å². The Morgan fingerprint density at radius 3 is 2.34 bits per heavy atom. The molecule has 1 amide bonds. The van der Waals surface area contributed by atoms with Gasteiger partial charge in [-0.2, -0.15) is 45.3 Å². The van der Waals surface area contributed by atoms with Crippen LogP contribution in [0.4, 0.5) is 49.7 Å². The third kappa shape index (κ3) is 8.86. The fourth-order valence-electron chi connectivity index (χ4n) is 7.42. The SMILES string of the molecule is CSNc1nn(CC(F)(F)F)c2c(-c3ccc(C#CC(C)(C)[S+](C)[O-])nc3C(Cc3cc(F)cc(F)c3)NC(=O)Cn3nc(C(F)(F)F)c4c3C(F)(F)C3CC43)ccc(Cl)c12. The molecule has 4 atom stereocenters. The van der Waals surface area contributed by atoms with Gasteiger partial charge in [0.1, 0.15) is 36.1 Å². The Kier molecular flexibility index (Phi) is 11.6. The van der Waals surface area contributed by atoms with Crippen LogP contribution in [0.1, 0.15) is 66.1 Å². The average Bonchev–Trinajstić information content (AvgIpc) is 3.66. The van der Waals surface area contributed by atoms with Gasteiger partial charge in [-0.1, -0.05) is 29.6 Å². The minimum atomic E-state index is -5.13. The zero-order valence-electron chi connectivity index (χ0n) is 32.1. The van der Waals surface area contributed by atoms with Gasteiger partial charge in [-0.3, -0.25) is 14.2 Å². The first-order chi connectivity index (χ1) is 28.4. The molecule has 1 saturated carbocycles. The zero-order valence-corrected chi connectivity index (χ0v) is 34.5. The molecular weight excluding hydrogens is 888 g/mol. The average molecular weight is 920 g/mol. The lowest BCUT2D eigenvalue weighted by Crippen LogP contribution is -2.35. The highest BCUT2D eigenvalue weighted by Crippen LogP contribution is 2.68. The van der Waals surface area contributed by atoms with Crippen LogP contribution in [0.5, 0.6) is 0 Å². The number of anilines is 1. The van der Waals surface area contributed by atoms with Crippen molar-refractivity contribution in [2.24, 2.45) is 5.92 Å². The van der Waals surface area contributed by atoms with E-state index in [1.54, 1.807) is 20.1 Å². The molecule has 2 N–H and O–H groups in total. The molecule has 61 heavy (non-hydrogen) atoms. The van der Waals surface area contributed by atoms with Crippen LogP contribution in [0.25, 0.3) is 22.0 Å². The lowest BCUT2D eigenvalue weighted by molar-refractivity contribution is -0.142. The molecule has 22 heteroatoms. The molecule has 0 aliphatic heterocycles. The summed E-state index contributed by atoms with van der Waals surface area (Å²) < 4.78 is 160. The van der Waals surface area contributed by atoms with Gasteiger partial charge < -0.3 is 14.6 Å². The second kappa shape index (κ2) is 15.9. The second-order valence-corrected chi connectivity index (χ2v) is 18.0. The molecule has 3 heterocycles. The van der Waals surface area contributed by atoms with Crippen molar-refractivity contribution >= 4 is 57.4 Å². The Bertz CT molecular complexity index is 2600. The largest absolute Gasteiger partial charge is 0.615 e. The maximum absolute atomic E-state index is 15.4. The highest BCUT2D eigenvalue weighted by atomic mass is 35.5. The normalized spacial score (nSPS) is 18.0. The number of hydrogen-bond donors (Lipinski definition) is 2. The summed E-state index contributed by atoms with van der Waals surface area (Å²) in [6.45, 7) is 0.414. The predicted molar refractivity (Wildman–Crippen MR) is 209 cm³/mol. The molecule has 2 aromatic carbocycles. The number of halogens is 11. The van der Waals surface area contributed by atoms with Crippen molar-refractivity contribution in [3.8, 4) is 23.0 Å². The summed E-state index contributed by atoms with van der Waals surface area (Å²) in [6, 6.07) is 6.39. The number of hydrogen-bond acceptors (Lipinski definition) is 7. The third-order valence-corrected chi connectivity index (χ3v) is 12.6. The lowest BCUT2D eigenvalue weighted by Gasteiger charge is -2.23. The van der Waals surface area contributed by atoms with Gasteiger partial charge in [-0.05, 0) is 91.5 Å². The Morgan fingerprint density at radius 1 is 1.05 bits per heavy atom. The third-order valence-electron chi connectivity index (χ3n) is 10.3. The van der Waals surface area contributed by atoms with Gasteiger partial charge in [0.2, 0.25) is 5.91 Å². The van der Waals surface area contributed by atoms with Gasteiger partial charge in [0.15, 0.2) is 16.3 Å². The van der Waals surface area contributed by atoms with Crippen molar-refractivity contribution in [2.75, 3.05) is 17.2 Å². The molecule has 324 valence electrons. The van der Waals surface area contributed by atoms with E-state index in [9.17, 15) is 44.5 Å². The molecule has 4 unspecified atom stereocenters. The van der Waals surface area contributed by atoms with Gasteiger partial charge in [-0.25, -0.2) is 13.8 Å². The number of amides is 1. The van der Waals surface area contributed by atoms with Crippen molar-refractivity contribution in [2.45, 2.75) is 74.8 Å². The van der Waals surface area contributed by atoms with Gasteiger partial charge in [0.25, 0.3) is 5.92 Å². The summed E-state index contributed by atoms with van der Waals surface area (Å²) in [5, 5.41) is 10.1. The Labute approximate surface area is 353 Å². The van der Waals surface area contributed by atoms with E-state index in [1.807, 2.05) is 0 Å². The van der Waals surface area contributed by atoms with Crippen molar-refractivity contribution in [3.63, 3.8) is 0 Å². The molecule has 7 rings (SSSR count). The van der Waals surface area contributed by atoms with Crippen LogP contribution in [0.15, 0.2) is 42.5 Å². The monoisotopic (exact) mass is 919 g/mol. The number of nitrogens with zero attached hydrogens (tertiary/aromatic N) is 5. The molecule has 0 spiro atoms. The maximum Gasteiger partial charge on any atom is 0.435 e. The number of benzene rings is 2. The van der Waals surface area contributed by atoms with Gasteiger partial charge in [0, 0.05) is 34.9 Å². The smallest absolute Gasteiger partial charge is 0.435 e. The van der Waals surface area contributed by atoms with E-state index in [4.69, 9.17) is 11.6 Å². The Hall–Kier alpha value is -4.65. The molecule has 1 fully saturated rings. The number of aromatic nitrogens is 5. The molecule has 5 aromatic rings. The predicted octanol–water partition coefficient (Wildman–Crippen LogP) is 9.32. The van der Waals surface area contributed by atoms with E-state index in [2.05, 4.69) is 37.1 Å². The number of carbonyl (C=O) groups is 1. The van der Waals surface area contributed by atoms with Crippen molar-refractivity contribution in [1.82, 2.24) is 29.9 Å². The standard InChI is InChI=1S/C39H32ClF10N7O2S2/c1-36(2,61(4)59)10-9-21-5-6-22(23-7-8-26(40)30-32(23)57(17-37(43,44)45)54-35(30)55-60-3)31(51-21)27(13-18-11-19(41)14-20(42)12-18)52-28(58)16-56-34-29(33(53-56)39(48,49)50)24-15-25(24)38(34,46)47/h5-8,11-12,14,24-25,27H,13,15-17H2,1-4H3,(H,52,58)(H,54,55). The maximum atomic E-state index is 15.4. The summed E-state index contributed by atoms with van der Waals surface area (Å²) in [4.78, 5) is 18.6. The number of alkyl halides is 8. The Balaban J connectivity index is 1.42. The number of pyridine rings is 1. The van der Waals surface area contributed by atoms with E-state index in [1.165, 1.54) is 30.5 Å². The molecule has 0 saturated heterocycles. The van der Waals surface area contributed by atoms with Crippen molar-refractivity contribution in [1.29, 1.82) is 0 Å². The first kappa shape index (κ1) is 44.4. The topological polar surface area (TPSA) is 113 Å². The fourth-order valence-corrected chi connectivity index (χ4v) is 8.20. The highest BCUT2D eigenvalue weighted by molar-refractivity contribution is 7.99. The lowest BCUT2D eigenvalue weighted by atomic mass is 9.93. The van der Waals surface area contributed by atoms with Crippen LogP contribution < -0.4 is 10.0 Å². The molecule has 2 aliphatic carbocycles. The summed E-state index contributed by atoms with van der Waals surface area (Å²) in [6.07, 6.45) is -7.61. The quantitative estimate of drug-likeness (QED) is 0.0588. The Morgan fingerprint density at radius 2 is 1.72 bits per heavy atom. The van der Waals surface area contributed by atoms with Crippen LogP contribution >= 0.6 is 23.5 Å². The number of rotatable bonds is 11. The molecule has 3 aromatic heterocycles. The first-order valence-corrected chi connectivity index (χ1v) is 21.3. The van der Waals surface area contributed by atoms with E-state index in [0.717, 1.165) is 24.1 Å². The van der Waals surface area contributed by atoms with Crippen LogP contribution in [-0.2, 0) is 47.6 Å². The van der Waals surface area contributed by atoms with Gasteiger partial charge >= 0.3 is 12.4 Å². The highest BCUT2D eigenvalue weighted by Gasteiger charge is 2.68. The molecule has 0 radical (unpaired) electrons. The van der Waals surface area contributed by atoms with Crippen LogP contribution in [0.2, 0.25) is 5.02 Å². The molecule has 2 aliphatic rings. The fraction of sp³-hybridized carbons (Fsp3) is 0.385. The van der Waals surface area contributed by atoms with E-state index >= 15 is 8.78 Å². The second-order valence-electron chi connectivity index (χ2n) is 15.0. The van der Waals surface area contributed by atoms with E-state index in [0.29, 0.717) is 15.4 Å². The first-order valence-electron chi connectivity index (χ1n) is 18.1. The number of fused-ring (bicyclic) bond motifs is 4. The minimum absolute atomic E-state index is 0.00461. The van der Waals surface area contributed by atoms with Crippen LogP contribution in [0.3, 0.4) is 0 Å². The molecular formula is C39H32ClF10N7O2S2. The van der Waals surface area contributed by atoms with Gasteiger partial charge in [0.05, 0.1) is 33.9 Å². The summed E-state index contributed by atoms with van der Waals surface area (Å²) in [5.41, 5.74) is -3.71. The summed E-state index contributed by atoms with van der Waals surface area (Å²) in [7, 11) is 0. The minimum Gasteiger partial charge on any atom is -0.615 e. The van der Waals surface area contributed by atoms with Crippen molar-refractivity contribution < 1.29 is 53.3 Å². The zero-order chi connectivity index (χ0) is 44.6. The van der Waals surface area contributed by atoms with Gasteiger partial charge in [-0.15, -0.1) is 0 Å². The summed E-state index contributed by atoms with van der Waals surface area (Å²) in [5.74, 6) is -3.88. The number of nitrogens with one attached hydrogen (secondary N) is 2. The molecule has 0 bridgehead atoms.